The lowest BCUT2D eigenvalue weighted by Gasteiger charge is -2.37. The highest BCUT2D eigenvalue weighted by molar-refractivity contribution is 6.00. The zero-order valence-corrected chi connectivity index (χ0v) is 17.5. The predicted octanol–water partition coefficient (Wildman–Crippen LogP) is 2.61. The maximum atomic E-state index is 13.5. The molecule has 9 heteroatoms. The van der Waals surface area contributed by atoms with E-state index in [-0.39, 0.29) is 17.9 Å². The van der Waals surface area contributed by atoms with Crippen molar-refractivity contribution >= 4 is 17.9 Å². The maximum Gasteiger partial charge on any atom is 0.256 e. The molecule has 30 heavy (non-hydrogen) atoms. The number of likely N-dealkylation sites (tertiary alicyclic amines) is 1. The van der Waals surface area contributed by atoms with Crippen LogP contribution in [0.2, 0.25) is 0 Å². The molecule has 3 atom stereocenters. The van der Waals surface area contributed by atoms with Crippen LogP contribution >= 0.6 is 0 Å². The Morgan fingerprint density at radius 1 is 1.37 bits per heavy atom. The van der Waals surface area contributed by atoms with E-state index in [1.165, 1.54) is 6.34 Å². The lowest BCUT2D eigenvalue weighted by Crippen LogP contribution is -2.46. The van der Waals surface area contributed by atoms with Crippen LogP contribution in [0.25, 0.3) is 0 Å². The van der Waals surface area contributed by atoms with Crippen LogP contribution < -0.4 is 16.1 Å². The molecule has 1 fully saturated rings. The van der Waals surface area contributed by atoms with Crippen molar-refractivity contribution in [1.29, 1.82) is 0 Å². The third-order valence-electron chi connectivity index (χ3n) is 5.83. The summed E-state index contributed by atoms with van der Waals surface area (Å²) >= 11 is 0. The second kappa shape index (κ2) is 8.35. The van der Waals surface area contributed by atoms with Gasteiger partial charge in [-0.2, -0.15) is 10.7 Å². The minimum atomic E-state index is -0.627. The Bertz CT molecular complexity index is 935. The third kappa shape index (κ3) is 3.72. The van der Waals surface area contributed by atoms with Crippen LogP contribution in [0.15, 0.2) is 33.8 Å². The van der Waals surface area contributed by atoms with Gasteiger partial charge in [-0.15, -0.1) is 5.10 Å². The number of anilines is 1. The summed E-state index contributed by atoms with van der Waals surface area (Å²) in [5.74, 6) is 1.20. The number of piperidine rings is 1. The third-order valence-corrected chi connectivity index (χ3v) is 5.83. The number of aromatic nitrogens is 1. The number of oxazole rings is 1. The first-order chi connectivity index (χ1) is 14.5. The molecule has 4 rings (SSSR count). The molecular formula is C21H28N6O3. The van der Waals surface area contributed by atoms with Crippen LogP contribution in [0.4, 0.5) is 5.69 Å². The molecule has 1 aromatic heterocycles. The summed E-state index contributed by atoms with van der Waals surface area (Å²) < 4.78 is 5.90. The fourth-order valence-corrected chi connectivity index (χ4v) is 4.03. The fraction of sp³-hybridized carbons (Fsp3) is 0.476. The zero-order chi connectivity index (χ0) is 21.3. The van der Waals surface area contributed by atoms with Gasteiger partial charge >= 0.3 is 0 Å². The van der Waals surface area contributed by atoms with E-state index in [4.69, 9.17) is 4.42 Å². The first-order valence-electron chi connectivity index (χ1n) is 10.4. The van der Waals surface area contributed by atoms with E-state index in [1.807, 2.05) is 43.0 Å². The molecule has 3 N–H and O–H groups in total. The van der Waals surface area contributed by atoms with Gasteiger partial charge in [0.15, 0.2) is 5.89 Å². The summed E-state index contributed by atoms with van der Waals surface area (Å²) in [6.45, 7) is 6.33. The van der Waals surface area contributed by atoms with Gasteiger partial charge in [0.05, 0.1) is 23.3 Å². The average Bonchev–Trinajstić information content (AvgIpc) is 3.43. The summed E-state index contributed by atoms with van der Waals surface area (Å²) in [6.07, 6.45) is 3.22. The van der Waals surface area contributed by atoms with Crippen molar-refractivity contribution in [1.82, 2.24) is 20.8 Å². The monoisotopic (exact) mass is 412 g/mol. The van der Waals surface area contributed by atoms with Gasteiger partial charge in [-0.1, -0.05) is 19.1 Å². The van der Waals surface area contributed by atoms with Gasteiger partial charge in [-0.05, 0) is 45.2 Å². The summed E-state index contributed by atoms with van der Waals surface area (Å²) in [5, 5.41) is 15.7. The normalized spacial score (nSPS) is 22.0. The van der Waals surface area contributed by atoms with E-state index in [0.717, 1.165) is 12.8 Å². The quantitative estimate of drug-likeness (QED) is 0.693. The number of benzene rings is 1. The largest absolute Gasteiger partial charge is 0.445 e. The van der Waals surface area contributed by atoms with E-state index >= 15 is 0 Å². The van der Waals surface area contributed by atoms with Crippen molar-refractivity contribution in [2.24, 2.45) is 5.10 Å². The van der Waals surface area contributed by atoms with E-state index in [9.17, 15) is 9.90 Å². The van der Waals surface area contributed by atoms with Crippen molar-refractivity contribution in [3.8, 4) is 0 Å². The molecule has 2 unspecified atom stereocenters. The molecule has 9 nitrogen and oxygen atoms in total. The van der Waals surface area contributed by atoms with Gasteiger partial charge in [-0.3, -0.25) is 10.2 Å². The molecule has 0 saturated carbocycles. The van der Waals surface area contributed by atoms with Crippen LogP contribution in [-0.4, -0.2) is 39.8 Å². The fourth-order valence-electron chi connectivity index (χ4n) is 4.03. The smallest absolute Gasteiger partial charge is 0.256 e. The van der Waals surface area contributed by atoms with Crippen molar-refractivity contribution < 1.29 is 14.3 Å². The molecule has 1 amide bonds. The number of nitrogens with one attached hydrogen (secondary N) is 2. The Labute approximate surface area is 175 Å². The number of nitrogens with zero attached hydrogens (tertiary/aromatic N) is 4. The number of aliphatic hydroxyl groups is 1. The standard InChI is InChI=1S/C21H28N6O3/c1-4-18(28)19-14(3)30-20(24-19)15-10-9-13(2)26(11-15)21(29)16-7-5-6-8-17(16)27-23-12-22-25-27/h5-8,12-13,15,18,25,28H,4,9-11H2,1-3H3,(H,22,23)/t13-,15?,18?/m1/s1. The second-order valence-corrected chi connectivity index (χ2v) is 7.84. The highest BCUT2D eigenvalue weighted by atomic mass is 16.4. The molecule has 160 valence electrons. The molecule has 2 aliphatic rings. The van der Waals surface area contributed by atoms with E-state index in [0.29, 0.717) is 41.6 Å². The van der Waals surface area contributed by atoms with E-state index in [2.05, 4.69) is 28.0 Å². The number of hydrazine groups is 2. The number of aliphatic hydroxyl groups excluding tert-OH is 1. The van der Waals surface area contributed by atoms with Crippen LogP contribution in [0.5, 0.6) is 0 Å². The van der Waals surface area contributed by atoms with Gasteiger partial charge < -0.3 is 14.4 Å². The Hall–Kier alpha value is -3.07. The van der Waals surface area contributed by atoms with E-state index < -0.39 is 6.10 Å². The van der Waals surface area contributed by atoms with Crippen LogP contribution in [0.3, 0.4) is 0 Å². The topological polar surface area (TPSA) is 106 Å². The van der Waals surface area contributed by atoms with Crippen LogP contribution in [0, 0.1) is 6.92 Å². The molecule has 0 radical (unpaired) electrons. The number of para-hydroxylation sites is 1. The molecule has 3 heterocycles. The number of hydrogen-bond acceptors (Lipinski definition) is 8. The second-order valence-electron chi connectivity index (χ2n) is 7.84. The summed E-state index contributed by atoms with van der Waals surface area (Å²) in [7, 11) is 0. The van der Waals surface area contributed by atoms with Crippen molar-refractivity contribution in [2.45, 2.75) is 58.1 Å². The maximum absolute atomic E-state index is 13.5. The predicted molar refractivity (Wildman–Crippen MR) is 113 cm³/mol. The lowest BCUT2D eigenvalue weighted by atomic mass is 9.92. The molecule has 0 aliphatic carbocycles. The highest BCUT2D eigenvalue weighted by Crippen LogP contribution is 2.34. The highest BCUT2D eigenvalue weighted by Gasteiger charge is 2.34. The van der Waals surface area contributed by atoms with Crippen LogP contribution in [0.1, 0.15) is 72.8 Å². The molecular weight excluding hydrogens is 384 g/mol. The van der Waals surface area contributed by atoms with Gasteiger partial charge in [0.2, 0.25) is 0 Å². The first kappa shape index (κ1) is 20.2. The van der Waals surface area contributed by atoms with Crippen molar-refractivity contribution in [2.75, 3.05) is 11.7 Å². The minimum Gasteiger partial charge on any atom is -0.445 e. The first-order valence-corrected chi connectivity index (χ1v) is 10.4. The Morgan fingerprint density at radius 2 is 2.17 bits per heavy atom. The number of amides is 1. The number of carbonyl (C=O) groups is 1. The molecule has 1 aromatic carbocycles. The number of carbonyl (C=O) groups excluding carboxylic acids is 1. The number of hydrogen-bond donors (Lipinski definition) is 3. The van der Waals surface area contributed by atoms with Crippen molar-refractivity contribution in [3.05, 3.63) is 47.2 Å². The molecule has 0 spiro atoms. The Balaban J connectivity index is 1.57. The van der Waals surface area contributed by atoms with Gasteiger partial charge in [0.25, 0.3) is 5.91 Å². The summed E-state index contributed by atoms with van der Waals surface area (Å²) in [4.78, 5) is 20.0. The van der Waals surface area contributed by atoms with Gasteiger partial charge in [0, 0.05) is 12.6 Å². The van der Waals surface area contributed by atoms with Crippen LogP contribution in [-0.2, 0) is 0 Å². The van der Waals surface area contributed by atoms with Crippen molar-refractivity contribution in [3.63, 3.8) is 0 Å². The Kier molecular flexibility index (Phi) is 5.63. The number of aryl methyl sites for hydroxylation is 1. The molecule has 2 aromatic rings. The summed E-state index contributed by atoms with van der Waals surface area (Å²) in [5.41, 5.74) is 7.65. The number of rotatable bonds is 5. The summed E-state index contributed by atoms with van der Waals surface area (Å²) in [6, 6.07) is 7.53. The SMILES string of the molecule is CCC(O)c1nc(C2CC[C@@H](C)N(C(=O)c3ccccc3N3NC=NN3)C2)oc1C. The number of hydrazone groups is 1. The minimum absolute atomic E-state index is 0.000174. The Morgan fingerprint density at radius 3 is 2.90 bits per heavy atom. The zero-order valence-electron chi connectivity index (χ0n) is 17.5. The molecule has 2 aliphatic heterocycles. The van der Waals surface area contributed by atoms with Gasteiger partial charge in [0.1, 0.15) is 17.8 Å². The van der Waals surface area contributed by atoms with E-state index in [1.54, 1.807) is 5.12 Å². The lowest BCUT2D eigenvalue weighted by molar-refractivity contribution is 0.0597. The molecule has 0 bridgehead atoms. The van der Waals surface area contributed by atoms with Gasteiger partial charge in [-0.25, -0.2) is 4.98 Å². The molecule has 1 saturated heterocycles. The average molecular weight is 412 g/mol.